The molecule has 1 N–H and O–H groups in total. The Morgan fingerprint density at radius 2 is 2.00 bits per heavy atom. The lowest BCUT2D eigenvalue weighted by Crippen LogP contribution is -2.38. The number of likely N-dealkylation sites (tertiary alicyclic amines) is 1. The van der Waals surface area contributed by atoms with Crippen molar-refractivity contribution in [3.8, 4) is 0 Å². The molecule has 2 aromatic rings. The molecule has 0 unspecified atom stereocenters. The Labute approximate surface area is 132 Å². The minimum Gasteiger partial charge on any atom is -0.358 e. The fourth-order valence-electron chi connectivity index (χ4n) is 3.55. The number of piperidine rings is 1. The van der Waals surface area contributed by atoms with Gasteiger partial charge in [0.05, 0.1) is 5.52 Å². The Hall–Kier alpha value is -1.61. The first kappa shape index (κ1) is 15.3. The summed E-state index contributed by atoms with van der Waals surface area (Å²) < 4.78 is 0. The van der Waals surface area contributed by atoms with Crippen LogP contribution in [0.5, 0.6) is 0 Å². The van der Waals surface area contributed by atoms with Crippen molar-refractivity contribution in [3.05, 3.63) is 44.7 Å². The second kappa shape index (κ2) is 5.88. The SMILES string of the molecule is Cc1ccc2c(=O)c(CN3CCCC[C@H]3C)c(C)[nH]c2c1C. The first-order chi connectivity index (χ1) is 10.5. The summed E-state index contributed by atoms with van der Waals surface area (Å²) in [7, 11) is 0. The predicted molar refractivity (Wildman–Crippen MR) is 92.5 cm³/mol. The number of H-pyrrole nitrogens is 1. The van der Waals surface area contributed by atoms with Crippen LogP contribution in [0.25, 0.3) is 10.9 Å². The number of aromatic nitrogens is 1. The van der Waals surface area contributed by atoms with E-state index in [1.807, 2.05) is 13.0 Å². The largest absolute Gasteiger partial charge is 0.358 e. The Kier molecular flexibility index (Phi) is 4.09. The highest BCUT2D eigenvalue weighted by Crippen LogP contribution is 2.22. The molecule has 0 spiro atoms. The fraction of sp³-hybridized carbons (Fsp3) is 0.526. The van der Waals surface area contributed by atoms with Crippen molar-refractivity contribution in [2.24, 2.45) is 0 Å². The smallest absolute Gasteiger partial charge is 0.194 e. The molecule has 0 amide bonds. The number of aromatic amines is 1. The van der Waals surface area contributed by atoms with Crippen LogP contribution < -0.4 is 5.43 Å². The summed E-state index contributed by atoms with van der Waals surface area (Å²) in [6.07, 6.45) is 3.79. The highest BCUT2D eigenvalue weighted by Gasteiger charge is 2.21. The maximum atomic E-state index is 12.9. The van der Waals surface area contributed by atoms with Crippen molar-refractivity contribution < 1.29 is 0 Å². The van der Waals surface area contributed by atoms with Gasteiger partial charge >= 0.3 is 0 Å². The normalized spacial score (nSPS) is 19.7. The molecule has 2 heterocycles. The van der Waals surface area contributed by atoms with Crippen LogP contribution in [0.2, 0.25) is 0 Å². The molecule has 0 saturated carbocycles. The summed E-state index contributed by atoms with van der Waals surface area (Å²) in [6.45, 7) is 10.4. The summed E-state index contributed by atoms with van der Waals surface area (Å²) in [4.78, 5) is 18.9. The monoisotopic (exact) mass is 298 g/mol. The van der Waals surface area contributed by atoms with Gasteiger partial charge in [0.2, 0.25) is 0 Å². The topological polar surface area (TPSA) is 36.1 Å². The van der Waals surface area contributed by atoms with Crippen LogP contribution >= 0.6 is 0 Å². The molecule has 1 aromatic carbocycles. The van der Waals surface area contributed by atoms with Crippen LogP contribution in [0.3, 0.4) is 0 Å². The maximum absolute atomic E-state index is 12.9. The Bertz CT molecular complexity index is 760. The van der Waals surface area contributed by atoms with Crippen molar-refractivity contribution in [1.82, 2.24) is 9.88 Å². The summed E-state index contributed by atoms with van der Waals surface area (Å²) in [5, 5.41) is 0.827. The van der Waals surface area contributed by atoms with Crippen LogP contribution in [0.4, 0.5) is 0 Å². The van der Waals surface area contributed by atoms with Gasteiger partial charge in [-0.15, -0.1) is 0 Å². The number of rotatable bonds is 2. The van der Waals surface area contributed by atoms with Crippen LogP contribution in [0.15, 0.2) is 16.9 Å². The summed E-state index contributed by atoms with van der Waals surface area (Å²) in [5.41, 5.74) is 5.55. The molecule has 0 aliphatic carbocycles. The van der Waals surface area contributed by atoms with Crippen LogP contribution in [-0.2, 0) is 6.54 Å². The molecule has 1 aliphatic heterocycles. The number of nitrogens with zero attached hydrogens (tertiary/aromatic N) is 1. The molecule has 0 radical (unpaired) electrons. The van der Waals surface area contributed by atoms with E-state index in [4.69, 9.17) is 0 Å². The third-order valence-corrected chi connectivity index (χ3v) is 5.32. The molecular weight excluding hydrogens is 272 g/mol. The third-order valence-electron chi connectivity index (χ3n) is 5.32. The van der Waals surface area contributed by atoms with E-state index in [9.17, 15) is 4.79 Å². The molecule has 1 saturated heterocycles. The zero-order chi connectivity index (χ0) is 15.9. The number of benzene rings is 1. The average molecular weight is 298 g/mol. The molecule has 1 aliphatic rings. The number of fused-ring (bicyclic) bond motifs is 1. The van der Waals surface area contributed by atoms with E-state index in [1.165, 1.54) is 30.4 Å². The van der Waals surface area contributed by atoms with E-state index in [0.29, 0.717) is 6.04 Å². The average Bonchev–Trinajstić information content (AvgIpc) is 2.49. The Morgan fingerprint density at radius 3 is 2.73 bits per heavy atom. The second-order valence-corrected chi connectivity index (χ2v) is 6.80. The van der Waals surface area contributed by atoms with Crippen molar-refractivity contribution in [2.75, 3.05) is 6.54 Å². The number of pyridine rings is 1. The van der Waals surface area contributed by atoms with E-state index < -0.39 is 0 Å². The summed E-state index contributed by atoms with van der Waals surface area (Å²) in [6, 6.07) is 4.59. The highest BCUT2D eigenvalue weighted by atomic mass is 16.1. The van der Waals surface area contributed by atoms with Gasteiger partial charge in [-0.05, 0) is 64.3 Å². The molecule has 0 bridgehead atoms. The molecule has 3 rings (SSSR count). The minimum absolute atomic E-state index is 0.201. The molecular formula is C19H26N2O. The van der Waals surface area contributed by atoms with Gasteiger partial charge in [-0.25, -0.2) is 0 Å². The van der Waals surface area contributed by atoms with Gasteiger partial charge in [0.1, 0.15) is 0 Å². The quantitative estimate of drug-likeness (QED) is 0.914. The molecule has 3 nitrogen and oxygen atoms in total. The van der Waals surface area contributed by atoms with Gasteiger partial charge < -0.3 is 4.98 Å². The summed E-state index contributed by atoms with van der Waals surface area (Å²) in [5.74, 6) is 0. The van der Waals surface area contributed by atoms with Gasteiger partial charge in [-0.2, -0.15) is 0 Å². The lowest BCUT2D eigenvalue weighted by molar-refractivity contribution is 0.152. The van der Waals surface area contributed by atoms with Crippen molar-refractivity contribution in [1.29, 1.82) is 0 Å². The standard InChI is InChI=1S/C19H26N2O/c1-12-8-9-16-18(14(12)3)20-15(4)17(19(16)22)11-21-10-6-5-7-13(21)2/h8-9,13H,5-7,10-11H2,1-4H3,(H,20,22)/t13-/m1/s1. The van der Waals surface area contributed by atoms with E-state index in [1.54, 1.807) is 0 Å². The van der Waals surface area contributed by atoms with E-state index in [0.717, 1.165) is 35.2 Å². The predicted octanol–water partition coefficient (Wildman–Crippen LogP) is 3.83. The molecule has 3 heteroatoms. The third kappa shape index (κ3) is 2.58. The Balaban J connectivity index is 2.07. The maximum Gasteiger partial charge on any atom is 0.194 e. The number of hydrogen-bond donors (Lipinski definition) is 1. The minimum atomic E-state index is 0.201. The van der Waals surface area contributed by atoms with E-state index in [-0.39, 0.29) is 5.43 Å². The lowest BCUT2D eigenvalue weighted by atomic mass is 10.00. The fourth-order valence-corrected chi connectivity index (χ4v) is 3.55. The van der Waals surface area contributed by atoms with Gasteiger partial charge in [0, 0.05) is 29.2 Å². The van der Waals surface area contributed by atoms with Crippen LogP contribution in [0.1, 0.15) is 48.6 Å². The zero-order valence-corrected chi connectivity index (χ0v) is 14.1. The van der Waals surface area contributed by atoms with Crippen molar-refractivity contribution in [3.63, 3.8) is 0 Å². The molecule has 1 aromatic heterocycles. The Morgan fingerprint density at radius 1 is 1.23 bits per heavy atom. The lowest BCUT2D eigenvalue weighted by Gasteiger charge is -2.33. The van der Waals surface area contributed by atoms with Crippen molar-refractivity contribution >= 4 is 10.9 Å². The number of hydrogen-bond acceptors (Lipinski definition) is 2. The molecule has 22 heavy (non-hydrogen) atoms. The first-order valence-corrected chi connectivity index (χ1v) is 8.34. The van der Waals surface area contributed by atoms with Gasteiger partial charge in [-0.1, -0.05) is 12.5 Å². The van der Waals surface area contributed by atoms with Crippen molar-refractivity contribution in [2.45, 2.75) is 59.5 Å². The number of nitrogens with one attached hydrogen (secondary N) is 1. The van der Waals surface area contributed by atoms with Gasteiger partial charge in [0.15, 0.2) is 5.43 Å². The summed E-state index contributed by atoms with van der Waals surface area (Å²) >= 11 is 0. The van der Waals surface area contributed by atoms with Gasteiger partial charge in [-0.3, -0.25) is 9.69 Å². The molecule has 1 fully saturated rings. The van der Waals surface area contributed by atoms with E-state index >= 15 is 0 Å². The van der Waals surface area contributed by atoms with E-state index in [2.05, 4.69) is 36.7 Å². The zero-order valence-electron chi connectivity index (χ0n) is 14.1. The second-order valence-electron chi connectivity index (χ2n) is 6.80. The molecule has 1 atom stereocenters. The van der Waals surface area contributed by atoms with Gasteiger partial charge in [0.25, 0.3) is 0 Å². The number of aryl methyl sites for hydroxylation is 3. The molecule has 118 valence electrons. The first-order valence-electron chi connectivity index (χ1n) is 8.34. The van der Waals surface area contributed by atoms with Crippen LogP contribution in [-0.4, -0.2) is 22.5 Å². The van der Waals surface area contributed by atoms with Crippen LogP contribution in [0, 0.1) is 20.8 Å². The highest BCUT2D eigenvalue weighted by molar-refractivity contribution is 5.83.